The molecule has 0 bridgehead atoms. The molecule has 0 radical (unpaired) electrons. The Kier molecular flexibility index (Phi) is 7.75. The molecule has 200 valence electrons. The van der Waals surface area contributed by atoms with Gasteiger partial charge in [0.2, 0.25) is 0 Å². The second kappa shape index (κ2) is 11.3. The van der Waals surface area contributed by atoms with E-state index in [0.717, 1.165) is 22.8 Å². The summed E-state index contributed by atoms with van der Waals surface area (Å²) in [6, 6.07) is 10.4. The zero-order valence-corrected chi connectivity index (χ0v) is 20.8. The Labute approximate surface area is 221 Å². The van der Waals surface area contributed by atoms with E-state index in [0.29, 0.717) is 0 Å². The highest BCUT2D eigenvalue weighted by molar-refractivity contribution is 5.98. The van der Waals surface area contributed by atoms with Crippen molar-refractivity contribution in [3.8, 4) is 28.5 Å². The van der Waals surface area contributed by atoms with Crippen molar-refractivity contribution in [3.63, 3.8) is 0 Å². The fourth-order valence-electron chi connectivity index (χ4n) is 3.77. The fourth-order valence-corrected chi connectivity index (χ4v) is 3.77. The highest BCUT2D eigenvalue weighted by atomic mass is 16.6. The molecule has 2 heterocycles. The number of benzene rings is 2. The number of nitrogens with zero attached hydrogens (tertiary/aromatic N) is 2. The lowest BCUT2D eigenvalue weighted by Crippen LogP contribution is -2.21. The van der Waals surface area contributed by atoms with Crippen molar-refractivity contribution in [1.82, 2.24) is 9.55 Å². The van der Waals surface area contributed by atoms with E-state index in [9.17, 15) is 29.4 Å². The number of phenolic OH excluding ortho intramolecular Hbond substituents is 2. The summed E-state index contributed by atoms with van der Waals surface area (Å²) in [5, 5.41) is 22.5. The number of fused-ring (bicyclic) bond motifs is 1. The zero-order chi connectivity index (χ0) is 28.1. The highest BCUT2D eigenvalue weighted by Crippen LogP contribution is 2.35. The molecule has 0 saturated heterocycles. The first-order chi connectivity index (χ1) is 18.7. The third-order valence-corrected chi connectivity index (χ3v) is 5.45. The summed E-state index contributed by atoms with van der Waals surface area (Å²) >= 11 is 0. The third-order valence-electron chi connectivity index (χ3n) is 5.45. The van der Waals surface area contributed by atoms with E-state index >= 15 is 0 Å². The summed E-state index contributed by atoms with van der Waals surface area (Å²) in [6.07, 6.45) is 1.09. The standard InChI is InChI=1S/C27H23N3O9/c1-3-37-26(35)29-19-10-16(39-25(34)15-6-5-9-28-14-15)7-8-17(19)20-12-22(31)18-11-23(32)24(33)13-21(18)30(20)27(36)38-4-2/h5-14,32-33H,3-4H2,1-2H3,(H,29,35). The Balaban J connectivity index is 1.92. The molecular weight excluding hydrogens is 510 g/mol. The van der Waals surface area contributed by atoms with E-state index in [-0.39, 0.29) is 52.4 Å². The Morgan fingerprint density at radius 3 is 2.41 bits per heavy atom. The first-order valence-corrected chi connectivity index (χ1v) is 11.7. The SMILES string of the molecule is CCOC(=O)Nc1cc(OC(=O)c2cccnc2)ccc1-c1cc(=O)c2cc(O)c(O)cc2n1C(=O)OCC. The van der Waals surface area contributed by atoms with Crippen molar-refractivity contribution in [2.24, 2.45) is 0 Å². The number of amides is 1. The van der Waals surface area contributed by atoms with Crippen LogP contribution in [0.1, 0.15) is 24.2 Å². The van der Waals surface area contributed by atoms with Crippen LogP contribution in [0.3, 0.4) is 0 Å². The largest absolute Gasteiger partial charge is 0.504 e. The fraction of sp³-hybridized carbons (Fsp3) is 0.148. The molecule has 4 rings (SSSR count). The Morgan fingerprint density at radius 1 is 0.974 bits per heavy atom. The van der Waals surface area contributed by atoms with E-state index in [1.807, 2.05) is 0 Å². The van der Waals surface area contributed by atoms with Crippen LogP contribution in [0.25, 0.3) is 22.2 Å². The maximum atomic E-state index is 13.1. The lowest BCUT2D eigenvalue weighted by molar-refractivity contribution is 0.0734. The third kappa shape index (κ3) is 5.64. The molecule has 4 aromatic rings. The first kappa shape index (κ1) is 26.7. The number of hydrogen-bond acceptors (Lipinski definition) is 10. The van der Waals surface area contributed by atoms with E-state index in [4.69, 9.17) is 14.2 Å². The van der Waals surface area contributed by atoms with Gasteiger partial charge in [0.1, 0.15) is 5.75 Å². The minimum absolute atomic E-state index is 0.00682. The van der Waals surface area contributed by atoms with E-state index in [2.05, 4.69) is 10.3 Å². The molecule has 12 heteroatoms. The van der Waals surface area contributed by atoms with Gasteiger partial charge in [-0.1, -0.05) is 0 Å². The number of hydrogen-bond donors (Lipinski definition) is 3. The molecule has 0 saturated carbocycles. The molecule has 0 unspecified atom stereocenters. The average molecular weight is 533 g/mol. The van der Waals surface area contributed by atoms with Gasteiger partial charge in [-0.15, -0.1) is 0 Å². The van der Waals surface area contributed by atoms with Gasteiger partial charge in [0.15, 0.2) is 16.9 Å². The number of carbonyl (C=O) groups excluding carboxylic acids is 3. The molecular formula is C27H23N3O9. The van der Waals surface area contributed by atoms with Crippen molar-refractivity contribution in [2.45, 2.75) is 13.8 Å². The summed E-state index contributed by atoms with van der Waals surface area (Å²) in [6.45, 7) is 3.25. The molecule has 12 nitrogen and oxygen atoms in total. The Morgan fingerprint density at radius 2 is 1.72 bits per heavy atom. The molecule has 0 aliphatic carbocycles. The predicted molar refractivity (Wildman–Crippen MR) is 139 cm³/mol. The van der Waals surface area contributed by atoms with Crippen LogP contribution in [-0.2, 0) is 9.47 Å². The maximum Gasteiger partial charge on any atom is 0.418 e. The second-order valence-electron chi connectivity index (χ2n) is 7.97. The smallest absolute Gasteiger partial charge is 0.418 e. The number of carbonyl (C=O) groups is 3. The number of aromatic hydroxyl groups is 2. The van der Waals surface area contributed by atoms with Gasteiger partial charge < -0.3 is 24.4 Å². The molecule has 2 aromatic heterocycles. The second-order valence-corrected chi connectivity index (χ2v) is 7.97. The average Bonchev–Trinajstić information content (AvgIpc) is 2.90. The molecule has 3 N–H and O–H groups in total. The van der Waals surface area contributed by atoms with Crippen LogP contribution in [0.15, 0.2) is 65.7 Å². The van der Waals surface area contributed by atoms with Crippen molar-refractivity contribution in [1.29, 1.82) is 0 Å². The summed E-state index contributed by atoms with van der Waals surface area (Å²) in [4.78, 5) is 54.9. The van der Waals surface area contributed by atoms with Gasteiger partial charge in [-0.2, -0.15) is 0 Å². The number of nitrogens with one attached hydrogen (secondary N) is 1. The lowest BCUT2D eigenvalue weighted by atomic mass is 10.0. The van der Waals surface area contributed by atoms with Crippen LogP contribution in [0.2, 0.25) is 0 Å². The molecule has 39 heavy (non-hydrogen) atoms. The van der Waals surface area contributed by atoms with Gasteiger partial charge in [0.05, 0.1) is 41.1 Å². The molecule has 0 aliphatic heterocycles. The topological polar surface area (TPSA) is 166 Å². The van der Waals surface area contributed by atoms with Gasteiger partial charge in [0.25, 0.3) is 0 Å². The quantitative estimate of drug-likeness (QED) is 0.185. The number of anilines is 1. The van der Waals surface area contributed by atoms with Crippen molar-refractivity contribution < 1.29 is 38.8 Å². The van der Waals surface area contributed by atoms with Crippen LogP contribution in [0, 0.1) is 0 Å². The number of phenols is 2. The van der Waals surface area contributed by atoms with Gasteiger partial charge in [-0.3, -0.25) is 15.1 Å². The highest BCUT2D eigenvalue weighted by Gasteiger charge is 2.22. The normalized spacial score (nSPS) is 10.6. The number of ether oxygens (including phenoxy) is 3. The lowest BCUT2D eigenvalue weighted by Gasteiger charge is -2.19. The zero-order valence-electron chi connectivity index (χ0n) is 20.8. The van der Waals surface area contributed by atoms with Crippen molar-refractivity contribution in [3.05, 3.63) is 76.7 Å². The van der Waals surface area contributed by atoms with Gasteiger partial charge >= 0.3 is 18.2 Å². The number of aromatic nitrogens is 2. The van der Waals surface area contributed by atoms with E-state index < -0.39 is 35.1 Å². The predicted octanol–water partition coefficient (Wildman–Crippen LogP) is 4.27. The molecule has 0 fully saturated rings. The van der Waals surface area contributed by atoms with Crippen molar-refractivity contribution >= 4 is 34.7 Å². The molecule has 0 atom stereocenters. The molecule has 1 amide bonds. The van der Waals surface area contributed by atoms with Crippen LogP contribution in [0.4, 0.5) is 15.3 Å². The van der Waals surface area contributed by atoms with Crippen LogP contribution in [-0.4, -0.2) is 51.1 Å². The van der Waals surface area contributed by atoms with E-state index in [1.165, 1.54) is 36.7 Å². The van der Waals surface area contributed by atoms with Crippen LogP contribution in [0.5, 0.6) is 17.2 Å². The van der Waals surface area contributed by atoms with Gasteiger partial charge in [0, 0.05) is 36.2 Å². The number of esters is 1. The van der Waals surface area contributed by atoms with Crippen LogP contribution < -0.4 is 15.5 Å². The summed E-state index contributed by atoms with van der Waals surface area (Å²) in [5.41, 5.74) is -0.290. The number of rotatable bonds is 6. The summed E-state index contributed by atoms with van der Waals surface area (Å²) < 4.78 is 16.6. The van der Waals surface area contributed by atoms with Gasteiger partial charge in [-0.05, 0) is 44.2 Å². The van der Waals surface area contributed by atoms with Crippen LogP contribution >= 0.6 is 0 Å². The molecule has 0 spiro atoms. The minimum Gasteiger partial charge on any atom is -0.504 e. The monoisotopic (exact) mass is 533 g/mol. The minimum atomic E-state index is -0.892. The van der Waals surface area contributed by atoms with Crippen molar-refractivity contribution in [2.75, 3.05) is 18.5 Å². The van der Waals surface area contributed by atoms with Gasteiger partial charge in [-0.25, -0.2) is 19.0 Å². The molecule has 2 aromatic carbocycles. The van der Waals surface area contributed by atoms with E-state index in [1.54, 1.807) is 19.9 Å². The summed E-state index contributed by atoms with van der Waals surface area (Å²) in [5.74, 6) is -1.79. The Hall–Kier alpha value is -5.39. The Bertz CT molecular complexity index is 1630. The maximum absolute atomic E-state index is 13.1. The summed E-state index contributed by atoms with van der Waals surface area (Å²) in [7, 11) is 0. The molecule has 0 aliphatic rings. The first-order valence-electron chi connectivity index (χ1n) is 11.7. The number of pyridine rings is 2.